The highest BCUT2D eigenvalue weighted by Gasteiger charge is 2.18. The van der Waals surface area contributed by atoms with Crippen LogP contribution < -0.4 is 10.2 Å². The highest BCUT2D eigenvalue weighted by Crippen LogP contribution is 2.28. The fourth-order valence-corrected chi connectivity index (χ4v) is 3.67. The van der Waals surface area contributed by atoms with Gasteiger partial charge in [-0.05, 0) is 43.4 Å². The van der Waals surface area contributed by atoms with Crippen molar-refractivity contribution in [1.82, 2.24) is 5.32 Å². The molecule has 2 fully saturated rings. The van der Waals surface area contributed by atoms with E-state index in [0.29, 0.717) is 0 Å². The minimum absolute atomic E-state index is 0.745. The largest absolute Gasteiger partial charge is 0.371 e. The Morgan fingerprint density at radius 3 is 2.58 bits per heavy atom. The highest BCUT2D eigenvalue weighted by molar-refractivity contribution is 9.10. The first-order valence-electron chi connectivity index (χ1n) is 7.60. The normalized spacial score (nSPS) is 20.4. The number of nitrogens with zero attached hydrogens (tertiary/aromatic N) is 1. The number of anilines is 1. The number of rotatable bonds is 4. The van der Waals surface area contributed by atoms with Crippen LogP contribution in [0.25, 0.3) is 0 Å². The zero-order valence-electron chi connectivity index (χ0n) is 11.5. The zero-order chi connectivity index (χ0) is 13.1. The van der Waals surface area contributed by atoms with Crippen LogP contribution in [0.3, 0.4) is 0 Å². The van der Waals surface area contributed by atoms with Gasteiger partial charge in [-0.15, -0.1) is 0 Å². The molecule has 2 aliphatic rings. The monoisotopic (exact) mass is 322 g/mol. The van der Waals surface area contributed by atoms with E-state index < -0.39 is 0 Å². The van der Waals surface area contributed by atoms with E-state index in [4.69, 9.17) is 0 Å². The van der Waals surface area contributed by atoms with Gasteiger partial charge in [-0.2, -0.15) is 0 Å². The summed E-state index contributed by atoms with van der Waals surface area (Å²) in [5.41, 5.74) is 2.88. The highest BCUT2D eigenvalue weighted by atomic mass is 79.9. The van der Waals surface area contributed by atoms with Gasteiger partial charge in [-0.1, -0.05) is 34.8 Å². The van der Waals surface area contributed by atoms with Crippen LogP contribution in [0.1, 0.15) is 44.1 Å². The van der Waals surface area contributed by atoms with Gasteiger partial charge in [0.2, 0.25) is 0 Å². The second-order valence-corrected chi connectivity index (χ2v) is 6.75. The average molecular weight is 323 g/mol. The van der Waals surface area contributed by atoms with E-state index in [1.54, 1.807) is 0 Å². The van der Waals surface area contributed by atoms with Gasteiger partial charge in [0.1, 0.15) is 0 Å². The quantitative estimate of drug-likeness (QED) is 0.898. The van der Waals surface area contributed by atoms with E-state index in [1.807, 2.05) is 0 Å². The Bertz CT molecular complexity index is 421. The predicted octanol–water partition coefficient (Wildman–Crippen LogP) is 4.08. The number of hydrogen-bond donors (Lipinski definition) is 1. The van der Waals surface area contributed by atoms with Crippen LogP contribution >= 0.6 is 15.9 Å². The summed E-state index contributed by atoms with van der Waals surface area (Å²) < 4.78 is 1.19. The third kappa shape index (κ3) is 3.32. The maximum Gasteiger partial charge on any atom is 0.0423 e. The van der Waals surface area contributed by atoms with E-state index in [9.17, 15) is 0 Å². The van der Waals surface area contributed by atoms with Crippen LogP contribution in [-0.4, -0.2) is 19.1 Å². The first-order valence-corrected chi connectivity index (χ1v) is 8.39. The van der Waals surface area contributed by atoms with Gasteiger partial charge < -0.3 is 10.2 Å². The van der Waals surface area contributed by atoms with Crippen molar-refractivity contribution in [1.29, 1.82) is 0 Å². The van der Waals surface area contributed by atoms with E-state index in [-0.39, 0.29) is 0 Å². The molecule has 1 aromatic carbocycles. The number of halogens is 1. The van der Waals surface area contributed by atoms with Crippen LogP contribution in [-0.2, 0) is 6.54 Å². The van der Waals surface area contributed by atoms with Gasteiger partial charge in [0.15, 0.2) is 0 Å². The van der Waals surface area contributed by atoms with E-state index in [1.165, 1.54) is 67.3 Å². The molecule has 0 amide bonds. The van der Waals surface area contributed by atoms with Crippen molar-refractivity contribution in [2.24, 2.45) is 0 Å². The van der Waals surface area contributed by atoms with Crippen LogP contribution in [0, 0.1) is 0 Å². The molecule has 19 heavy (non-hydrogen) atoms. The fraction of sp³-hybridized carbons (Fsp3) is 0.625. The molecule has 0 radical (unpaired) electrons. The molecule has 1 saturated carbocycles. The average Bonchev–Trinajstić information content (AvgIpc) is 3.10. The summed E-state index contributed by atoms with van der Waals surface area (Å²) in [5, 5.41) is 3.74. The molecule has 0 atom stereocenters. The van der Waals surface area contributed by atoms with Crippen LogP contribution in [0.15, 0.2) is 22.7 Å². The van der Waals surface area contributed by atoms with Crippen molar-refractivity contribution in [3.8, 4) is 0 Å². The molecule has 0 aromatic heterocycles. The number of benzene rings is 1. The van der Waals surface area contributed by atoms with Crippen molar-refractivity contribution in [3.05, 3.63) is 28.2 Å². The molecule has 1 saturated heterocycles. The van der Waals surface area contributed by atoms with Crippen LogP contribution in [0.4, 0.5) is 5.69 Å². The van der Waals surface area contributed by atoms with Gasteiger partial charge in [0.25, 0.3) is 0 Å². The lowest BCUT2D eigenvalue weighted by atomic mass is 10.1. The van der Waals surface area contributed by atoms with Crippen LogP contribution in [0.5, 0.6) is 0 Å². The predicted molar refractivity (Wildman–Crippen MR) is 84.7 cm³/mol. The summed E-state index contributed by atoms with van der Waals surface area (Å²) in [5.74, 6) is 0. The van der Waals surface area contributed by atoms with Crippen molar-refractivity contribution in [3.63, 3.8) is 0 Å². The summed E-state index contributed by atoms with van der Waals surface area (Å²) in [7, 11) is 0. The second-order valence-electron chi connectivity index (χ2n) is 5.83. The molecule has 0 bridgehead atoms. The Morgan fingerprint density at radius 1 is 1.11 bits per heavy atom. The molecule has 104 valence electrons. The van der Waals surface area contributed by atoms with Gasteiger partial charge in [-0.3, -0.25) is 0 Å². The summed E-state index contributed by atoms with van der Waals surface area (Å²) in [4.78, 5) is 2.54. The molecule has 3 heteroatoms. The zero-order valence-corrected chi connectivity index (χ0v) is 13.1. The summed E-state index contributed by atoms with van der Waals surface area (Å²) in [6.07, 6.45) is 8.18. The minimum atomic E-state index is 0.745. The Balaban J connectivity index is 1.71. The van der Waals surface area contributed by atoms with Crippen molar-refractivity contribution in [2.45, 2.75) is 51.1 Å². The lowest BCUT2D eigenvalue weighted by Crippen LogP contribution is -2.27. The van der Waals surface area contributed by atoms with Gasteiger partial charge in [0, 0.05) is 35.8 Å². The Morgan fingerprint density at radius 2 is 1.84 bits per heavy atom. The summed E-state index contributed by atoms with van der Waals surface area (Å²) in [6.45, 7) is 3.45. The third-order valence-corrected chi connectivity index (χ3v) is 4.92. The van der Waals surface area contributed by atoms with E-state index >= 15 is 0 Å². The van der Waals surface area contributed by atoms with Crippen molar-refractivity contribution in [2.75, 3.05) is 18.0 Å². The first kappa shape index (κ1) is 13.4. The molecular weight excluding hydrogens is 300 g/mol. The standard InChI is InChI=1S/C16H23BrN2/c17-14-8-7-13(12-18-15-5-1-2-6-15)16(11-14)19-9-3-4-10-19/h7-8,11,15,18H,1-6,9-10,12H2. The summed E-state index contributed by atoms with van der Waals surface area (Å²) >= 11 is 3.61. The molecule has 1 aromatic rings. The smallest absolute Gasteiger partial charge is 0.0423 e. The van der Waals surface area contributed by atoms with Crippen LogP contribution in [0.2, 0.25) is 0 Å². The molecule has 1 aliphatic carbocycles. The Labute approximate surface area is 124 Å². The topological polar surface area (TPSA) is 15.3 Å². The van der Waals surface area contributed by atoms with Gasteiger partial charge >= 0.3 is 0 Å². The maximum absolute atomic E-state index is 3.74. The SMILES string of the molecule is Brc1ccc(CNC2CCCC2)c(N2CCCC2)c1. The molecule has 3 rings (SSSR count). The third-order valence-electron chi connectivity index (χ3n) is 4.43. The van der Waals surface area contributed by atoms with Crippen molar-refractivity contribution >= 4 is 21.6 Å². The molecule has 1 aliphatic heterocycles. The maximum atomic E-state index is 3.74. The van der Waals surface area contributed by atoms with Gasteiger partial charge in [0.05, 0.1) is 0 Å². The second kappa shape index (κ2) is 6.27. The summed E-state index contributed by atoms with van der Waals surface area (Å²) in [6, 6.07) is 7.48. The number of nitrogens with one attached hydrogen (secondary N) is 1. The minimum Gasteiger partial charge on any atom is -0.371 e. The van der Waals surface area contributed by atoms with Crippen molar-refractivity contribution < 1.29 is 0 Å². The lowest BCUT2D eigenvalue weighted by molar-refractivity contribution is 0.524. The fourth-order valence-electron chi connectivity index (χ4n) is 3.32. The van der Waals surface area contributed by atoms with Gasteiger partial charge in [-0.25, -0.2) is 0 Å². The molecule has 1 heterocycles. The Hall–Kier alpha value is -0.540. The van der Waals surface area contributed by atoms with E-state index in [2.05, 4.69) is 44.3 Å². The molecule has 0 unspecified atom stereocenters. The Kier molecular flexibility index (Phi) is 4.44. The molecule has 2 nitrogen and oxygen atoms in total. The first-order chi connectivity index (χ1) is 9.33. The molecular formula is C16H23BrN2. The van der Waals surface area contributed by atoms with E-state index in [0.717, 1.165) is 12.6 Å². The molecule has 1 N–H and O–H groups in total. The lowest BCUT2D eigenvalue weighted by Gasteiger charge is -2.23. The molecule has 0 spiro atoms. The number of hydrogen-bond acceptors (Lipinski definition) is 2.